The van der Waals surface area contributed by atoms with Gasteiger partial charge in [-0.1, -0.05) is 15.9 Å². The fourth-order valence-electron chi connectivity index (χ4n) is 1.03. The zero-order valence-electron chi connectivity index (χ0n) is 7.60. The van der Waals surface area contributed by atoms with Crippen molar-refractivity contribution in [1.29, 1.82) is 0 Å². The van der Waals surface area contributed by atoms with E-state index in [1.165, 1.54) is 12.1 Å². The summed E-state index contributed by atoms with van der Waals surface area (Å²) >= 11 is 3.23. The number of hydrogen-bond acceptors (Lipinski definition) is 1. The van der Waals surface area contributed by atoms with Gasteiger partial charge in [0.05, 0.1) is 13.3 Å². The lowest BCUT2D eigenvalue weighted by Gasteiger charge is -2.08. The van der Waals surface area contributed by atoms with Crippen LogP contribution >= 0.6 is 15.9 Å². The van der Waals surface area contributed by atoms with E-state index in [0.29, 0.717) is 24.1 Å². The van der Waals surface area contributed by atoms with Gasteiger partial charge in [-0.05, 0) is 18.2 Å². The Bertz CT molecular complexity index is 291. The largest absolute Gasteiger partial charge is 0.493 e. The van der Waals surface area contributed by atoms with Gasteiger partial charge in [0.15, 0.2) is 0 Å². The molecule has 0 amide bonds. The molecule has 0 aromatic heterocycles. The van der Waals surface area contributed by atoms with Gasteiger partial charge in [-0.25, -0.2) is 4.39 Å². The van der Waals surface area contributed by atoms with Crippen LogP contribution in [0.25, 0.3) is 0 Å². The van der Waals surface area contributed by atoms with E-state index in [2.05, 4.69) is 15.9 Å². The van der Waals surface area contributed by atoms with Gasteiger partial charge in [0.1, 0.15) is 11.6 Å². The Hall–Kier alpha value is -0.640. The van der Waals surface area contributed by atoms with Crippen LogP contribution in [0.15, 0.2) is 18.2 Å². The van der Waals surface area contributed by atoms with Gasteiger partial charge in [-0.2, -0.15) is 0 Å². The molecule has 1 aromatic carbocycles. The Morgan fingerprint density at radius 1 is 1.36 bits per heavy atom. The Morgan fingerprint density at radius 2 is 2.14 bits per heavy atom. The third-order valence-corrected chi connectivity index (χ3v) is 2.31. The lowest BCUT2D eigenvalue weighted by atomic mass is 10.2. The summed E-state index contributed by atoms with van der Waals surface area (Å²) in [4.78, 5) is 0. The molecule has 14 heavy (non-hydrogen) atoms. The second-order valence-electron chi connectivity index (χ2n) is 2.78. The van der Waals surface area contributed by atoms with E-state index >= 15 is 0 Å². The molecular formula is C10H11BrF2O. The fraction of sp³-hybridized carbons (Fsp3) is 0.400. The molecule has 0 bridgehead atoms. The molecule has 0 radical (unpaired) electrons. The summed E-state index contributed by atoms with van der Waals surface area (Å²) < 4.78 is 29.9. The minimum atomic E-state index is -0.398. The molecule has 1 aromatic rings. The summed E-state index contributed by atoms with van der Waals surface area (Å²) in [7, 11) is 0. The van der Waals surface area contributed by atoms with Crippen LogP contribution in [-0.2, 0) is 5.33 Å². The van der Waals surface area contributed by atoms with Gasteiger partial charge in [-0.3, -0.25) is 4.39 Å². The minimum Gasteiger partial charge on any atom is -0.493 e. The second-order valence-corrected chi connectivity index (χ2v) is 3.34. The van der Waals surface area contributed by atoms with Crippen LogP contribution in [-0.4, -0.2) is 13.3 Å². The first kappa shape index (κ1) is 11.4. The van der Waals surface area contributed by atoms with Gasteiger partial charge in [0.2, 0.25) is 0 Å². The van der Waals surface area contributed by atoms with E-state index in [1.807, 2.05) is 0 Å². The van der Waals surface area contributed by atoms with Crippen molar-refractivity contribution in [1.82, 2.24) is 0 Å². The van der Waals surface area contributed by atoms with Gasteiger partial charge in [-0.15, -0.1) is 0 Å². The Labute approximate surface area is 90.2 Å². The molecule has 1 rings (SSSR count). The smallest absolute Gasteiger partial charge is 0.123 e. The molecule has 0 N–H and O–H groups in total. The van der Waals surface area contributed by atoms with Crippen LogP contribution in [0.4, 0.5) is 8.78 Å². The van der Waals surface area contributed by atoms with Crippen molar-refractivity contribution >= 4 is 15.9 Å². The molecule has 0 heterocycles. The predicted molar refractivity (Wildman–Crippen MR) is 55.1 cm³/mol. The highest BCUT2D eigenvalue weighted by Gasteiger charge is 2.03. The minimum absolute atomic E-state index is 0.294. The average Bonchev–Trinajstić information content (AvgIpc) is 2.20. The van der Waals surface area contributed by atoms with Gasteiger partial charge < -0.3 is 4.74 Å². The van der Waals surface area contributed by atoms with E-state index in [-0.39, 0.29) is 5.82 Å². The van der Waals surface area contributed by atoms with Crippen molar-refractivity contribution < 1.29 is 13.5 Å². The fourth-order valence-corrected chi connectivity index (χ4v) is 1.47. The third-order valence-electron chi connectivity index (χ3n) is 1.70. The quantitative estimate of drug-likeness (QED) is 0.585. The number of benzene rings is 1. The maximum absolute atomic E-state index is 12.8. The first-order valence-electron chi connectivity index (χ1n) is 4.31. The van der Waals surface area contributed by atoms with E-state index in [4.69, 9.17) is 4.74 Å². The van der Waals surface area contributed by atoms with E-state index in [1.54, 1.807) is 6.07 Å². The summed E-state index contributed by atoms with van der Waals surface area (Å²) in [6.07, 6.45) is 0.360. The summed E-state index contributed by atoms with van der Waals surface area (Å²) in [6, 6.07) is 4.29. The van der Waals surface area contributed by atoms with Crippen LogP contribution in [0.2, 0.25) is 0 Å². The Kier molecular flexibility index (Phi) is 4.87. The zero-order valence-corrected chi connectivity index (χ0v) is 9.19. The molecule has 0 spiro atoms. The van der Waals surface area contributed by atoms with Crippen LogP contribution in [0.5, 0.6) is 5.75 Å². The highest BCUT2D eigenvalue weighted by molar-refractivity contribution is 9.08. The number of alkyl halides is 2. The van der Waals surface area contributed by atoms with Crippen molar-refractivity contribution in [2.24, 2.45) is 0 Å². The summed E-state index contributed by atoms with van der Waals surface area (Å²) in [5, 5.41) is 0.524. The SMILES string of the molecule is FCCCOc1ccc(F)cc1CBr. The Morgan fingerprint density at radius 3 is 2.79 bits per heavy atom. The zero-order chi connectivity index (χ0) is 10.4. The molecule has 0 unspecified atom stereocenters. The van der Waals surface area contributed by atoms with Crippen molar-refractivity contribution in [2.75, 3.05) is 13.3 Å². The standard InChI is InChI=1S/C10H11BrF2O/c11-7-8-6-9(13)2-3-10(8)14-5-1-4-12/h2-3,6H,1,4-5,7H2. The van der Waals surface area contributed by atoms with Crippen LogP contribution in [0, 0.1) is 5.82 Å². The molecule has 0 saturated heterocycles. The van der Waals surface area contributed by atoms with Gasteiger partial charge >= 0.3 is 0 Å². The lowest BCUT2D eigenvalue weighted by molar-refractivity contribution is 0.287. The first-order valence-corrected chi connectivity index (χ1v) is 5.43. The number of halogens is 3. The molecule has 0 aliphatic heterocycles. The number of rotatable bonds is 5. The third kappa shape index (κ3) is 3.25. The molecular weight excluding hydrogens is 254 g/mol. The molecule has 4 heteroatoms. The number of ether oxygens (including phenoxy) is 1. The summed E-state index contributed by atoms with van der Waals surface area (Å²) in [5.74, 6) is 0.314. The molecule has 1 nitrogen and oxygen atoms in total. The summed E-state index contributed by atoms with van der Waals surface area (Å²) in [6.45, 7) is -0.0764. The van der Waals surface area contributed by atoms with Crippen LogP contribution in [0.3, 0.4) is 0 Å². The molecule has 0 saturated carbocycles. The van der Waals surface area contributed by atoms with E-state index < -0.39 is 6.67 Å². The number of hydrogen-bond donors (Lipinski definition) is 0. The average molecular weight is 265 g/mol. The van der Waals surface area contributed by atoms with Gasteiger partial charge in [0, 0.05) is 17.3 Å². The van der Waals surface area contributed by atoms with Gasteiger partial charge in [0.25, 0.3) is 0 Å². The predicted octanol–water partition coefficient (Wildman–Crippen LogP) is 3.46. The maximum atomic E-state index is 12.8. The maximum Gasteiger partial charge on any atom is 0.123 e. The first-order chi connectivity index (χ1) is 6.77. The van der Waals surface area contributed by atoms with Crippen molar-refractivity contribution in [3.8, 4) is 5.75 Å². The monoisotopic (exact) mass is 264 g/mol. The van der Waals surface area contributed by atoms with Crippen molar-refractivity contribution in [3.63, 3.8) is 0 Å². The van der Waals surface area contributed by atoms with E-state index in [0.717, 1.165) is 5.56 Å². The van der Waals surface area contributed by atoms with Crippen LogP contribution < -0.4 is 4.74 Å². The molecule has 0 atom stereocenters. The molecule has 78 valence electrons. The van der Waals surface area contributed by atoms with Crippen LogP contribution in [0.1, 0.15) is 12.0 Å². The highest BCUT2D eigenvalue weighted by Crippen LogP contribution is 2.22. The normalized spacial score (nSPS) is 10.2. The second kappa shape index (κ2) is 5.96. The highest BCUT2D eigenvalue weighted by atomic mass is 79.9. The molecule has 0 fully saturated rings. The Balaban J connectivity index is 2.65. The summed E-state index contributed by atoms with van der Waals surface area (Å²) in [5.41, 5.74) is 0.740. The topological polar surface area (TPSA) is 9.23 Å². The molecule has 0 aliphatic carbocycles. The van der Waals surface area contributed by atoms with Crippen molar-refractivity contribution in [2.45, 2.75) is 11.8 Å². The lowest BCUT2D eigenvalue weighted by Crippen LogP contribution is -2.00. The van der Waals surface area contributed by atoms with Crippen molar-refractivity contribution in [3.05, 3.63) is 29.6 Å². The molecule has 0 aliphatic rings. The van der Waals surface area contributed by atoms with E-state index in [9.17, 15) is 8.78 Å².